The van der Waals surface area contributed by atoms with Gasteiger partial charge in [-0.3, -0.25) is 4.79 Å². The van der Waals surface area contributed by atoms with E-state index in [0.717, 1.165) is 11.3 Å². The van der Waals surface area contributed by atoms with E-state index in [9.17, 15) is 4.79 Å². The van der Waals surface area contributed by atoms with Crippen molar-refractivity contribution in [3.8, 4) is 5.75 Å². The Morgan fingerprint density at radius 1 is 1.25 bits per heavy atom. The fourth-order valence-electron chi connectivity index (χ4n) is 1.32. The summed E-state index contributed by atoms with van der Waals surface area (Å²) in [4.78, 5) is 10.6. The third kappa shape index (κ3) is 5.17. The Morgan fingerprint density at radius 2 is 1.81 bits per heavy atom. The van der Waals surface area contributed by atoms with Crippen molar-refractivity contribution in [2.24, 2.45) is 0 Å². The quantitative estimate of drug-likeness (QED) is 0.753. The van der Waals surface area contributed by atoms with Gasteiger partial charge in [-0.25, -0.2) is 0 Å². The molecule has 2 nitrogen and oxygen atoms in total. The van der Waals surface area contributed by atoms with Gasteiger partial charge in [0.05, 0.1) is 0 Å². The zero-order valence-electron chi connectivity index (χ0n) is 9.92. The topological polar surface area (TPSA) is 26.3 Å². The highest BCUT2D eigenvalue weighted by Gasteiger charge is 2.11. The molecule has 0 aliphatic heterocycles. The lowest BCUT2D eigenvalue weighted by molar-refractivity contribution is -0.111. The van der Waals surface area contributed by atoms with Gasteiger partial charge in [-0.2, -0.15) is 0 Å². The summed E-state index contributed by atoms with van der Waals surface area (Å²) in [5, 5.41) is -0.296. The third-order valence-electron chi connectivity index (χ3n) is 1.96. The summed E-state index contributed by atoms with van der Waals surface area (Å²) in [5.41, 5.74) is 0.906. The van der Waals surface area contributed by atoms with E-state index in [1.807, 2.05) is 45.0 Å². The second kappa shape index (κ2) is 5.35. The number of hydrogen-bond donors (Lipinski definition) is 0. The van der Waals surface area contributed by atoms with Crippen molar-refractivity contribution < 1.29 is 9.53 Å². The second-order valence-electron chi connectivity index (χ2n) is 4.71. The molecule has 0 aliphatic rings. The Kier molecular flexibility index (Phi) is 4.36. The Morgan fingerprint density at radius 3 is 2.25 bits per heavy atom. The Balaban J connectivity index is 2.57. The van der Waals surface area contributed by atoms with Crippen LogP contribution in [0.1, 0.15) is 32.8 Å². The Hall–Kier alpha value is -1.02. The number of carbonyl (C=O) groups is 1. The van der Waals surface area contributed by atoms with Gasteiger partial charge >= 0.3 is 0 Å². The lowest BCUT2D eigenvalue weighted by atomic mass is 10.1. The van der Waals surface area contributed by atoms with Crippen molar-refractivity contribution in [3.05, 3.63) is 29.8 Å². The summed E-state index contributed by atoms with van der Waals surface area (Å²) >= 11 is 5.28. The number of carbonyl (C=O) groups excluding carboxylic acids is 1. The molecule has 0 bridgehead atoms. The molecule has 0 heterocycles. The first-order valence-corrected chi connectivity index (χ1v) is 5.71. The van der Waals surface area contributed by atoms with Crippen molar-refractivity contribution in [1.29, 1.82) is 0 Å². The highest BCUT2D eigenvalue weighted by Crippen LogP contribution is 2.19. The van der Waals surface area contributed by atoms with Gasteiger partial charge < -0.3 is 4.74 Å². The lowest BCUT2D eigenvalue weighted by Crippen LogP contribution is -2.22. The van der Waals surface area contributed by atoms with Crippen LogP contribution in [-0.4, -0.2) is 10.8 Å². The highest BCUT2D eigenvalue weighted by molar-refractivity contribution is 6.63. The van der Waals surface area contributed by atoms with Crippen LogP contribution in [0.3, 0.4) is 0 Å². The molecule has 16 heavy (non-hydrogen) atoms. The molecule has 0 amide bonds. The van der Waals surface area contributed by atoms with Gasteiger partial charge in [0.25, 0.3) is 0 Å². The van der Waals surface area contributed by atoms with E-state index in [0.29, 0.717) is 12.8 Å². The summed E-state index contributed by atoms with van der Waals surface area (Å²) in [5.74, 6) is 0.841. The van der Waals surface area contributed by atoms with Crippen LogP contribution >= 0.6 is 11.6 Å². The minimum Gasteiger partial charge on any atom is -0.488 e. The number of benzene rings is 1. The molecule has 0 saturated carbocycles. The van der Waals surface area contributed by atoms with E-state index in [-0.39, 0.29) is 10.8 Å². The Labute approximate surface area is 102 Å². The van der Waals surface area contributed by atoms with Crippen molar-refractivity contribution in [1.82, 2.24) is 0 Å². The maximum Gasteiger partial charge on any atom is 0.221 e. The maximum absolute atomic E-state index is 10.6. The SMILES string of the molecule is CC(C)(C)Oc1ccc(CCC(=O)Cl)cc1. The number of aryl methyl sites for hydroxylation is 1. The fraction of sp³-hybridized carbons (Fsp3) is 0.462. The standard InChI is InChI=1S/C13H17ClO2/c1-13(2,3)16-11-7-4-10(5-8-11)6-9-12(14)15/h4-5,7-8H,6,9H2,1-3H3. The molecule has 0 N–H and O–H groups in total. The summed E-state index contributed by atoms with van der Waals surface area (Å²) in [6.45, 7) is 6.02. The van der Waals surface area contributed by atoms with Crippen molar-refractivity contribution in [2.75, 3.05) is 0 Å². The molecule has 1 aromatic rings. The van der Waals surface area contributed by atoms with Gasteiger partial charge in [-0.05, 0) is 56.5 Å². The number of ether oxygens (including phenoxy) is 1. The molecule has 3 heteroatoms. The van der Waals surface area contributed by atoms with Crippen LogP contribution in [0.2, 0.25) is 0 Å². The van der Waals surface area contributed by atoms with Crippen LogP contribution in [0, 0.1) is 0 Å². The fourth-order valence-corrected chi connectivity index (χ4v) is 1.41. The minimum atomic E-state index is -0.296. The van der Waals surface area contributed by atoms with Crippen LogP contribution in [0.5, 0.6) is 5.75 Å². The minimum absolute atomic E-state index is 0.187. The molecular weight excluding hydrogens is 224 g/mol. The maximum atomic E-state index is 10.6. The first kappa shape index (κ1) is 13.0. The van der Waals surface area contributed by atoms with Crippen LogP contribution in [0.15, 0.2) is 24.3 Å². The molecule has 0 radical (unpaired) electrons. The predicted octanol–water partition coefficient (Wildman–Crippen LogP) is 3.56. The molecule has 0 spiro atoms. The Bertz CT molecular complexity index is 349. The van der Waals surface area contributed by atoms with Crippen molar-refractivity contribution in [3.63, 3.8) is 0 Å². The number of halogens is 1. The van der Waals surface area contributed by atoms with Crippen LogP contribution in [-0.2, 0) is 11.2 Å². The largest absolute Gasteiger partial charge is 0.488 e. The molecule has 1 rings (SSSR count). The van der Waals surface area contributed by atoms with E-state index in [1.54, 1.807) is 0 Å². The van der Waals surface area contributed by atoms with Gasteiger partial charge in [0.15, 0.2) is 0 Å². The number of rotatable bonds is 4. The van der Waals surface area contributed by atoms with E-state index >= 15 is 0 Å². The first-order valence-electron chi connectivity index (χ1n) is 5.33. The second-order valence-corrected chi connectivity index (χ2v) is 5.14. The molecular formula is C13H17ClO2. The average molecular weight is 241 g/mol. The lowest BCUT2D eigenvalue weighted by Gasteiger charge is -2.21. The van der Waals surface area contributed by atoms with Gasteiger partial charge in [0, 0.05) is 6.42 Å². The third-order valence-corrected chi connectivity index (χ3v) is 2.15. The predicted molar refractivity (Wildman–Crippen MR) is 66.0 cm³/mol. The molecule has 0 atom stereocenters. The van der Waals surface area contributed by atoms with Gasteiger partial charge in [-0.15, -0.1) is 0 Å². The van der Waals surface area contributed by atoms with Gasteiger partial charge in [0.2, 0.25) is 5.24 Å². The zero-order chi connectivity index (χ0) is 12.2. The highest BCUT2D eigenvalue weighted by atomic mass is 35.5. The monoisotopic (exact) mass is 240 g/mol. The van der Waals surface area contributed by atoms with Crippen LogP contribution in [0.4, 0.5) is 0 Å². The van der Waals surface area contributed by atoms with E-state index in [1.165, 1.54) is 0 Å². The molecule has 88 valence electrons. The van der Waals surface area contributed by atoms with Crippen LogP contribution < -0.4 is 4.74 Å². The van der Waals surface area contributed by atoms with Gasteiger partial charge in [-0.1, -0.05) is 12.1 Å². The molecule has 1 aromatic carbocycles. The van der Waals surface area contributed by atoms with Gasteiger partial charge in [0.1, 0.15) is 11.4 Å². The molecule has 0 aromatic heterocycles. The molecule has 0 fully saturated rings. The molecule has 0 aliphatic carbocycles. The number of hydrogen-bond acceptors (Lipinski definition) is 2. The average Bonchev–Trinajstić information content (AvgIpc) is 2.14. The molecule has 0 unspecified atom stereocenters. The van der Waals surface area contributed by atoms with Crippen molar-refractivity contribution in [2.45, 2.75) is 39.2 Å². The first-order chi connectivity index (χ1) is 7.37. The van der Waals surface area contributed by atoms with Crippen LogP contribution in [0.25, 0.3) is 0 Å². The summed E-state index contributed by atoms with van der Waals surface area (Å²) < 4.78 is 5.69. The van der Waals surface area contributed by atoms with Crippen molar-refractivity contribution >= 4 is 16.8 Å². The zero-order valence-corrected chi connectivity index (χ0v) is 10.7. The van der Waals surface area contributed by atoms with E-state index < -0.39 is 0 Å². The normalized spacial score (nSPS) is 11.2. The summed E-state index contributed by atoms with van der Waals surface area (Å²) in [6.07, 6.45) is 1.05. The smallest absolute Gasteiger partial charge is 0.221 e. The molecule has 0 saturated heterocycles. The summed E-state index contributed by atoms with van der Waals surface area (Å²) in [6, 6.07) is 7.75. The van der Waals surface area contributed by atoms with E-state index in [4.69, 9.17) is 16.3 Å². The van der Waals surface area contributed by atoms with E-state index in [2.05, 4.69) is 0 Å². The summed E-state index contributed by atoms with van der Waals surface area (Å²) in [7, 11) is 0.